The second-order valence-electron chi connectivity index (χ2n) is 8.61. The molecule has 0 saturated heterocycles. The van der Waals surface area contributed by atoms with Crippen molar-refractivity contribution in [2.75, 3.05) is 33.4 Å². The molecule has 2 unspecified atom stereocenters. The van der Waals surface area contributed by atoms with Crippen molar-refractivity contribution in [3.05, 3.63) is 64.3 Å². The highest BCUT2D eigenvalue weighted by Crippen LogP contribution is 2.40. The molecule has 3 aromatic rings. The summed E-state index contributed by atoms with van der Waals surface area (Å²) in [5.41, 5.74) is 4.17. The molecule has 36 heavy (non-hydrogen) atoms. The molecule has 0 bridgehead atoms. The molecule has 4 rings (SSSR count). The van der Waals surface area contributed by atoms with Gasteiger partial charge in [-0.3, -0.25) is 0 Å². The van der Waals surface area contributed by atoms with Crippen LogP contribution in [0.4, 0.5) is 4.79 Å². The van der Waals surface area contributed by atoms with Crippen LogP contribution in [-0.4, -0.2) is 72.1 Å². The van der Waals surface area contributed by atoms with Crippen molar-refractivity contribution in [3.63, 3.8) is 0 Å². The first kappa shape index (κ1) is 26.2. The van der Waals surface area contributed by atoms with Gasteiger partial charge in [0.25, 0.3) is 0 Å². The minimum Gasteiger partial charge on any atom is -0.493 e. The second kappa shape index (κ2) is 11.9. The van der Waals surface area contributed by atoms with Crippen LogP contribution in [0.5, 0.6) is 5.75 Å². The lowest BCUT2D eigenvalue weighted by molar-refractivity contribution is -0.202. The molecule has 2 aromatic carbocycles. The Labute approximate surface area is 214 Å². The van der Waals surface area contributed by atoms with Gasteiger partial charge in [-0.1, -0.05) is 23.7 Å². The third-order valence-electron chi connectivity index (χ3n) is 6.31. The number of aliphatic hydroxyl groups excluding tert-OH is 2. The van der Waals surface area contributed by atoms with Gasteiger partial charge >= 0.3 is 6.09 Å². The Morgan fingerprint density at radius 2 is 2.03 bits per heavy atom. The number of ether oxygens (including phenoxy) is 3. The SMILES string of the molecule is CCOC(O)N1CCc2c([nH]c3ccc(Cl)cc23)[C@@H]1c1ccc(OCCC(O)CNC(=O)OC)cc1. The number of fused-ring (bicyclic) bond motifs is 3. The smallest absolute Gasteiger partial charge is 0.406 e. The number of nitrogens with one attached hydrogen (secondary N) is 2. The number of carbonyl (C=O) groups excluding carboxylic acids is 1. The summed E-state index contributed by atoms with van der Waals surface area (Å²) in [6.07, 6.45) is -1.26. The van der Waals surface area contributed by atoms with Crippen LogP contribution < -0.4 is 10.1 Å². The van der Waals surface area contributed by atoms with Gasteiger partial charge in [-0.25, -0.2) is 9.69 Å². The van der Waals surface area contributed by atoms with E-state index < -0.39 is 18.6 Å². The number of methoxy groups -OCH3 is 1. The summed E-state index contributed by atoms with van der Waals surface area (Å²) in [4.78, 5) is 16.6. The highest BCUT2D eigenvalue weighted by molar-refractivity contribution is 6.31. The third kappa shape index (κ3) is 5.93. The highest BCUT2D eigenvalue weighted by Gasteiger charge is 2.35. The summed E-state index contributed by atoms with van der Waals surface area (Å²) in [5, 5.41) is 25.0. The van der Waals surface area contributed by atoms with Crippen molar-refractivity contribution in [1.29, 1.82) is 0 Å². The number of halogens is 1. The minimum atomic E-state index is -1.04. The fourth-order valence-corrected chi connectivity index (χ4v) is 4.73. The maximum Gasteiger partial charge on any atom is 0.406 e. The monoisotopic (exact) mass is 517 g/mol. The first-order valence-corrected chi connectivity index (χ1v) is 12.4. The van der Waals surface area contributed by atoms with Gasteiger partial charge in [0.2, 0.25) is 6.41 Å². The quantitative estimate of drug-likeness (QED) is 0.304. The van der Waals surface area contributed by atoms with Gasteiger partial charge in [0.1, 0.15) is 5.75 Å². The van der Waals surface area contributed by atoms with E-state index >= 15 is 0 Å². The molecule has 0 radical (unpaired) electrons. The molecule has 0 aliphatic carbocycles. The first-order valence-electron chi connectivity index (χ1n) is 12.0. The molecule has 0 fully saturated rings. The number of aromatic amines is 1. The summed E-state index contributed by atoms with van der Waals surface area (Å²) in [5.74, 6) is 0.656. The normalized spacial score (nSPS) is 17.4. The second-order valence-corrected chi connectivity index (χ2v) is 9.05. The largest absolute Gasteiger partial charge is 0.493 e. The van der Waals surface area contributed by atoms with Crippen LogP contribution in [0.3, 0.4) is 0 Å². The Balaban J connectivity index is 1.50. The summed E-state index contributed by atoms with van der Waals surface area (Å²) >= 11 is 6.27. The lowest BCUT2D eigenvalue weighted by Crippen LogP contribution is -2.44. The fourth-order valence-electron chi connectivity index (χ4n) is 4.55. The maximum atomic E-state index is 11.1. The third-order valence-corrected chi connectivity index (χ3v) is 6.54. The van der Waals surface area contributed by atoms with Gasteiger partial charge < -0.3 is 34.7 Å². The molecule has 3 atom stereocenters. The van der Waals surface area contributed by atoms with E-state index in [2.05, 4.69) is 15.0 Å². The van der Waals surface area contributed by atoms with E-state index in [0.717, 1.165) is 28.6 Å². The van der Waals surface area contributed by atoms with Crippen molar-refractivity contribution < 1.29 is 29.2 Å². The van der Waals surface area contributed by atoms with Gasteiger partial charge in [-0.05, 0) is 54.8 Å². The van der Waals surface area contributed by atoms with Gasteiger partial charge in [-0.2, -0.15) is 0 Å². The number of aliphatic hydroxyl groups is 2. The fraction of sp³-hybridized carbons (Fsp3) is 0.423. The van der Waals surface area contributed by atoms with Crippen molar-refractivity contribution in [2.45, 2.75) is 38.3 Å². The summed E-state index contributed by atoms with van der Waals surface area (Å²) in [6.45, 7) is 3.25. The molecule has 1 amide bonds. The summed E-state index contributed by atoms with van der Waals surface area (Å²) < 4.78 is 15.8. The molecule has 1 aliphatic heterocycles. The number of alkyl carbamates (subject to hydrolysis) is 1. The molecule has 2 heterocycles. The summed E-state index contributed by atoms with van der Waals surface area (Å²) in [7, 11) is 1.27. The van der Waals surface area contributed by atoms with E-state index in [-0.39, 0.29) is 19.2 Å². The number of benzene rings is 2. The van der Waals surface area contributed by atoms with Crippen molar-refractivity contribution in [1.82, 2.24) is 15.2 Å². The average molecular weight is 518 g/mol. The van der Waals surface area contributed by atoms with E-state index in [1.807, 2.05) is 54.3 Å². The van der Waals surface area contributed by atoms with Crippen LogP contribution >= 0.6 is 11.6 Å². The van der Waals surface area contributed by atoms with Gasteiger partial charge in [-0.15, -0.1) is 0 Å². The topological polar surface area (TPSA) is 116 Å². The Morgan fingerprint density at radius 1 is 1.25 bits per heavy atom. The molecule has 0 saturated carbocycles. The van der Waals surface area contributed by atoms with E-state index in [4.69, 9.17) is 21.1 Å². The number of amides is 1. The molecular formula is C26H32ClN3O6. The van der Waals surface area contributed by atoms with Crippen LogP contribution in [0, 0.1) is 0 Å². The molecule has 9 nitrogen and oxygen atoms in total. The number of rotatable bonds is 10. The molecule has 194 valence electrons. The molecule has 0 spiro atoms. The van der Waals surface area contributed by atoms with E-state index in [0.29, 0.717) is 30.3 Å². The minimum absolute atomic E-state index is 0.0900. The average Bonchev–Trinajstić information content (AvgIpc) is 3.25. The van der Waals surface area contributed by atoms with Crippen LogP contribution in [-0.2, 0) is 15.9 Å². The zero-order valence-corrected chi connectivity index (χ0v) is 21.1. The number of H-pyrrole nitrogens is 1. The van der Waals surface area contributed by atoms with Gasteiger partial charge in [0, 0.05) is 47.7 Å². The van der Waals surface area contributed by atoms with Crippen LogP contribution in [0.15, 0.2) is 42.5 Å². The number of aromatic nitrogens is 1. The molecule has 1 aromatic heterocycles. The lowest BCUT2D eigenvalue weighted by Gasteiger charge is -2.38. The number of hydrogen-bond donors (Lipinski definition) is 4. The lowest BCUT2D eigenvalue weighted by atomic mass is 9.92. The van der Waals surface area contributed by atoms with Crippen molar-refractivity contribution in [2.24, 2.45) is 0 Å². The number of nitrogens with zero attached hydrogens (tertiary/aromatic N) is 1. The zero-order valence-electron chi connectivity index (χ0n) is 20.4. The van der Waals surface area contributed by atoms with E-state index in [1.165, 1.54) is 12.7 Å². The van der Waals surface area contributed by atoms with Gasteiger partial charge in [0.15, 0.2) is 0 Å². The van der Waals surface area contributed by atoms with Crippen molar-refractivity contribution in [3.8, 4) is 5.75 Å². The number of hydrogen-bond acceptors (Lipinski definition) is 7. The zero-order chi connectivity index (χ0) is 25.7. The highest BCUT2D eigenvalue weighted by atomic mass is 35.5. The Bertz CT molecular complexity index is 1170. The molecular weight excluding hydrogens is 486 g/mol. The molecule has 4 N–H and O–H groups in total. The number of carbonyl (C=O) groups is 1. The van der Waals surface area contributed by atoms with Crippen LogP contribution in [0.1, 0.15) is 36.2 Å². The first-order chi connectivity index (χ1) is 17.4. The maximum absolute atomic E-state index is 11.1. The molecule has 10 heteroatoms. The Hall–Kier alpha value is -2.82. The Morgan fingerprint density at radius 3 is 2.75 bits per heavy atom. The van der Waals surface area contributed by atoms with Crippen molar-refractivity contribution >= 4 is 28.6 Å². The molecule has 1 aliphatic rings. The van der Waals surface area contributed by atoms with E-state index in [1.54, 1.807) is 0 Å². The van der Waals surface area contributed by atoms with Gasteiger partial charge in [0.05, 0.1) is 25.9 Å². The van der Waals surface area contributed by atoms with E-state index in [9.17, 15) is 15.0 Å². The predicted molar refractivity (Wildman–Crippen MR) is 136 cm³/mol. The van der Waals surface area contributed by atoms with Crippen LogP contribution in [0.2, 0.25) is 5.02 Å². The summed E-state index contributed by atoms with van der Waals surface area (Å²) in [6, 6.07) is 13.2. The predicted octanol–water partition coefficient (Wildman–Crippen LogP) is 3.57. The standard InChI is InChI=1S/C26H32ClN3O6/c1-3-35-26(33)30-12-10-20-21-14-17(27)6-9-22(21)29-23(20)24(30)16-4-7-19(8-5-16)36-13-11-18(31)15-28-25(32)34-2/h4-9,14,18,24,26,29,31,33H,3,10-13,15H2,1-2H3,(H,28,32)/t18?,24-,26?/m0/s1. The Kier molecular flexibility index (Phi) is 8.71. The van der Waals surface area contributed by atoms with Crippen LogP contribution in [0.25, 0.3) is 10.9 Å².